The van der Waals surface area contributed by atoms with Gasteiger partial charge in [0.05, 0.1) is 6.26 Å². The number of oxazole rings is 1. The lowest BCUT2D eigenvalue weighted by Gasteiger charge is -2.31. The van der Waals surface area contributed by atoms with Gasteiger partial charge in [-0.15, -0.1) is 0 Å². The second-order valence-corrected chi connectivity index (χ2v) is 8.81. The maximum absolute atomic E-state index is 13.0. The predicted molar refractivity (Wildman–Crippen MR) is 125 cm³/mol. The fraction of sp³-hybridized carbons (Fsp3) is 0.360. The molecule has 2 fully saturated rings. The zero-order chi connectivity index (χ0) is 23.7. The van der Waals surface area contributed by atoms with Crippen LogP contribution in [0.4, 0.5) is 17.3 Å². The Hall–Kier alpha value is -4.06. The van der Waals surface area contributed by atoms with Gasteiger partial charge in [-0.05, 0) is 62.4 Å². The topological polar surface area (TPSA) is 124 Å². The molecule has 2 aromatic heterocycles. The molecule has 2 N–H and O–H groups in total. The van der Waals surface area contributed by atoms with Crippen LogP contribution in [0.2, 0.25) is 0 Å². The second kappa shape index (κ2) is 9.06. The number of furan rings is 1. The molecule has 5 rings (SSSR count). The van der Waals surface area contributed by atoms with Gasteiger partial charge in [0.1, 0.15) is 6.07 Å². The first-order valence-electron chi connectivity index (χ1n) is 11.4. The van der Waals surface area contributed by atoms with E-state index in [1.54, 1.807) is 12.1 Å². The van der Waals surface area contributed by atoms with Crippen molar-refractivity contribution in [2.75, 3.05) is 28.6 Å². The molecule has 1 aromatic carbocycles. The van der Waals surface area contributed by atoms with Crippen LogP contribution < -0.4 is 15.5 Å². The highest BCUT2D eigenvalue weighted by Crippen LogP contribution is 2.33. The van der Waals surface area contributed by atoms with Gasteiger partial charge in [-0.1, -0.05) is 6.07 Å². The molecule has 0 radical (unpaired) electrons. The van der Waals surface area contributed by atoms with E-state index in [1.807, 2.05) is 30.0 Å². The zero-order valence-corrected chi connectivity index (χ0v) is 18.8. The van der Waals surface area contributed by atoms with Gasteiger partial charge in [0.25, 0.3) is 5.89 Å². The van der Waals surface area contributed by atoms with E-state index in [-0.39, 0.29) is 35.2 Å². The summed E-state index contributed by atoms with van der Waals surface area (Å²) in [5.41, 5.74) is 2.52. The number of anilines is 3. The van der Waals surface area contributed by atoms with E-state index in [4.69, 9.17) is 8.83 Å². The predicted octanol–water partition coefficient (Wildman–Crippen LogP) is 4.32. The highest BCUT2D eigenvalue weighted by Gasteiger charge is 2.31. The lowest BCUT2D eigenvalue weighted by Crippen LogP contribution is -2.38. The summed E-state index contributed by atoms with van der Waals surface area (Å²) in [7, 11) is 0. The molecule has 1 aliphatic heterocycles. The van der Waals surface area contributed by atoms with Crippen LogP contribution in [-0.4, -0.2) is 29.9 Å². The van der Waals surface area contributed by atoms with Crippen molar-refractivity contribution >= 4 is 29.1 Å². The van der Waals surface area contributed by atoms with E-state index in [2.05, 4.69) is 21.7 Å². The molecule has 1 saturated carbocycles. The Morgan fingerprint density at radius 1 is 1.09 bits per heavy atom. The molecule has 9 heteroatoms. The number of nitriles is 1. The van der Waals surface area contributed by atoms with E-state index in [1.165, 1.54) is 6.26 Å². The molecule has 3 heterocycles. The Morgan fingerprint density at radius 3 is 2.50 bits per heavy atom. The normalized spacial score (nSPS) is 16.2. The minimum Gasteiger partial charge on any atom is -0.459 e. The zero-order valence-electron chi connectivity index (χ0n) is 18.8. The van der Waals surface area contributed by atoms with E-state index in [9.17, 15) is 14.9 Å². The van der Waals surface area contributed by atoms with Crippen molar-refractivity contribution in [1.82, 2.24) is 4.98 Å². The molecule has 0 spiro atoms. The first-order valence-corrected chi connectivity index (χ1v) is 11.4. The van der Waals surface area contributed by atoms with Crippen LogP contribution in [0.1, 0.15) is 36.9 Å². The fourth-order valence-electron chi connectivity index (χ4n) is 4.11. The first kappa shape index (κ1) is 21.8. The Morgan fingerprint density at radius 2 is 1.82 bits per heavy atom. The van der Waals surface area contributed by atoms with Crippen molar-refractivity contribution < 1.29 is 18.4 Å². The molecule has 0 unspecified atom stereocenters. The number of piperidine rings is 1. The molecule has 174 valence electrons. The Labute approximate surface area is 196 Å². The van der Waals surface area contributed by atoms with Gasteiger partial charge in [0.15, 0.2) is 5.76 Å². The summed E-state index contributed by atoms with van der Waals surface area (Å²) in [5.74, 6) is 1.06. The molecule has 0 atom stereocenters. The maximum Gasteiger partial charge on any atom is 0.266 e. The van der Waals surface area contributed by atoms with E-state index in [0.717, 1.165) is 18.4 Å². The summed E-state index contributed by atoms with van der Waals surface area (Å²) in [6.45, 7) is 3.06. The lowest BCUT2D eigenvalue weighted by molar-refractivity contribution is -0.120. The number of nitrogens with one attached hydrogen (secondary N) is 2. The maximum atomic E-state index is 13.0. The quantitative estimate of drug-likeness (QED) is 0.562. The molecule has 2 amide bonds. The van der Waals surface area contributed by atoms with Crippen LogP contribution in [-0.2, 0) is 9.59 Å². The molecule has 1 saturated heterocycles. The average Bonchev–Trinajstić information content (AvgIpc) is 3.38. The number of amides is 2. The van der Waals surface area contributed by atoms with E-state index >= 15 is 0 Å². The van der Waals surface area contributed by atoms with Gasteiger partial charge in [-0.25, -0.2) is 0 Å². The van der Waals surface area contributed by atoms with Crippen molar-refractivity contribution in [3.8, 4) is 17.7 Å². The summed E-state index contributed by atoms with van der Waals surface area (Å²) >= 11 is 0. The Bertz CT molecular complexity index is 1240. The summed E-state index contributed by atoms with van der Waals surface area (Å²) < 4.78 is 11.1. The van der Waals surface area contributed by atoms with Crippen molar-refractivity contribution in [2.45, 2.75) is 32.6 Å². The third kappa shape index (κ3) is 4.53. The Kier molecular flexibility index (Phi) is 5.80. The van der Waals surface area contributed by atoms with Crippen molar-refractivity contribution in [3.05, 3.63) is 47.9 Å². The van der Waals surface area contributed by atoms with Gasteiger partial charge in [-0.2, -0.15) is 10.2 Å². The molecule has 0 bridgehead atoms. The van der Waals surface area contributed by atoms with Gasteiger partial charge in [-0.3, -0.25) is 9.59 Å². The van der Waals surface area contributed by atoms with Crippen molar-refractivity contribution in [3.63, 3.8) is 0 Å². The first-order chi connectivity index (χ1) is 16.5. The minimum atomic E-state index is -0.168. The summed E-state index contributed by atoms with van der Waals surface area (Å²) in [6, 6.07) is 11.1. The average molecular weight is 460 g/mol. The minimum absolute atomic E-state index is 0.0351. The smallest absolute Gasteiger partial charge is 0.266 e. The molecular weight excluding hydrogens is 434 g/mol. The van der Waals surface area contributed by atoms with Crippen LogP contribution in [0, 0.1) is 30.1 Å². The van der Waals surface area contributed by atoms with Gasteiger partial charge >= 0.3 is 0 Å². The van der Waals surface area contributed by atoms with Crippen LogP contribution in [0.15, 0.2) is 45.4 Å². The number of hydrogen-bond acceptors (Lipinski definition) is 7. The number of aryl methyl sites for hydroxylation is 1. The lowest BCUT2D eigenvalue weighted by atomic mass is 9.95. The monoisotopic (exact) mass is 459 g/mol. The van der Waals surface area contributed by atoms with Gasteiger partial charge in [0, 0.05) is 36.3 Å². The standard InChI is InChI=1S/C25H25N5O4/c1-15-4-7-18(27-22(31)16-5-6-16)13-19(15)28-23(32)17-8-10-30(11-9-17)25-20(14-26)29-24(34-25)21-3-2-12-33-21/h2-4,7,12-13,16-17H,5-6,8-11H2,1H3,(H,27,31)(H,28,32). The van der Waals surface area contributed by atoms with Crippen molar-refractivity contribution in [2.24, 2.45) is 11.8 Å². The van der Waals surface area contributed by atoms with Crippen LogP contribution in [0.3, 0.4) is 0 Å². The van der Waals surface area contributed by atoms with Gasteiger partial charge < -0.3 is 24.4 Å². The molecular formula is C25H25N5O4. The summed E-state index contributed by atoms with van der Waals surface area (Å²) in [5, 5.41) is 15.4. The number of carbonyl (C=O) groups excluding carboxylic acids is 2. The Balaban J connectivity index is 1.21. The molecule has 9 nitrogen and oxygen atoms in total. The molecule has 2 aliphatic rings. The third-order valence-electron chi connectivity index (χ3n) is 6.31. The van der Waals surface area contributed by atoms with Crippen LogP contribution in [0.5, 0.6) is 0 Å². The van der Waals surface area contributed by atoms with Gasteiger partial charge in [0.2, 0.25) is 23.4 Å². The largest absolute Gasteiger partial charge is 0.459 e. The molecule has 1 aliphatic carbocycles. The summed E-state index contributed by atoms with van der Waals surface area (Å²) in [4.78, 5) is 31.2. The molecule has 34 heavy (non-hydrogen) atoms. The second-order valence-electron chi connectivity index (χ2n) is 8.81. The van der Waals surface area contributed by atoms with E-state index < -0.39 is 0 Å². The molecule has 3 aromatic rings. The highest BCUT2D eigenvalue weighted by atomic mass is 16.4. The number of rotatable bonds is 6. The number of carbonyl (C=O) groups is 2. The van der Waals surface area contributed by atoms with Crippen LogP contribution in [0.25, 0.3) is 11.7 Å². The number of nitrogens with zero attached hydrogens (tertiary/aromatic N) is 3. The SMILES string of the molecule is Cc1ccc(NC(=O)C2CC2)cc1NC(=O)C1CCN(c2oc(-c3ccco3)nc2C#N)CC1. The highest BCUT2D eigenvalue weighted by molar-refractivity contribution is 5.97. The van der Waals surface area contributed by atoms with Crippen molar-refractivity contribution in [1.29, 1.82) is 5.26 Å². The fourth-order valence-corrected chi connectivity index (χ4v) is 4.11. The third-order valence-corrected chi connectivity index (χ3v) is 6.31. The summed E-state index contributed by atoms with van der Waals surface area (Å²) in [6.07, 6.45) is 4.63. The van der Waals surface area contributed by atoms with Crippen LogP contribution >= 0.6 is 0 Å². The van der Waals surface area contributed by atoms with E-state index in [0.29, 0.717) is 49.0 Å². The number of hydrogen-bond donors (Lipinski definition) is 2. The number of aromatic nitrogens is 1. The number of benzene rings is 1.